The minimum Gasteiger partial charge on any atom is -0.481 e. The minimum absolute atomic E-state index is 0.158. The van der Waals surface area contributed by atoms with Crippen molar-refractivity contribution in [3.05, 3.63) is 48.5 Å². The maximum absolute atomic E-state index is 12.4. The Labute approximate surface area is 211 Å². The lowest BCUT2D eigenvalue weighted by Crippen LogP contribution is -2.19. The van der Waals surface area contributed by atoms with Crippen LogP contribution in [0.25, 0.3) is 21.5 Å². The number of fused-ring (bicyclic) bond motifs is 2. The molecule has 0 aromatic heterocycles. The average molecular weight is 491 g/mol. The van der Waals surface area contributed by atoms with Crippen molar-refractivity contribution in [2.24, 2.45) is 11.8 Å². The molecule has 0 radical (unpaired) electrons. The summed E-state index contributed by atoms with van der Waals surface area (Å²) in [5.41, 5.74) is 0. The lowest BCUT2D eigenvalue weighted by molar-refractivity contribution is -0.148. The van der Waals surface area contributed by atoms with Crippen LogP contribution in [0.5, 0.6) is 11.5 Å². The SMILES string of the molecule is O=C(COc1c2ccccc2c(OCC(=O)OCC2CCCC2)c2ccccc12)OCC1CCCC1. The first-order chi connectivity index (χ1) is 17.7. The Kier molecular flexibility index (Phi) is 7.89. The zero-order chi connectivity index (χ0) is 24.7. The molecule has 2 fully saturated rings. The fourth-order valence-corrected chi connectivity index (χ4v) is 5.48. The van der Waals surface area contributed by atoms with Gasteiger partial charge in [0.1, 0.15) is 11.5 Å². The molecule has 2 saturated carbocycles. The fraction of sp³-hybridized carbons (Fsp3) is 0.467. The van der Waals surface area contributed by atoms with E-state index in [2.05, 4.69) is 0 Å². The van der Waals surface area contributed by atoms with Crippen LogP contribution in [0.4, 0.5) is 0 Å². The summed E-state index contributed by atoms with van der Waals surface area (Å²) < 4.78 is 23.1. The molecule has 2 aliphatic carbocycles. The molecule has 0 aliphatic heterocycles. The van der Waals surface area contributed by atoms with Crippen LogP contribution in [-0.4, -0.2) is 38.4 Å². The molecule has 3 aromatic rings. The summed E-state index contributed by atoms with van der Waals surface area (Å²) in [7, 11) is 0. The smallest absolute Gasteiger partial charge is 0.344 e. The van der Waals surface area contributed by atoms with Crippen LogP contribution < -0.4 is 9.47 Å². The van der Waals surface area contributed by atoms with Crippen LogP contribution in [0, 0.1) is 11.8 Å². The van der Waals surface area contributed by atoms with E-state index in [1.54, 1.807) is 0 Å². The molecule has 0 heterocycles. The van der Waals surface area contributed by atoms with Gasteiger partial charge in [0, 0.05) is 21.5 Å². The first-order valence-corrected chi connectivity index (χ1v) is 13.2. The van der Waals surface area contributed by atoms with Gasteiger partial charge in [-0.2, -0.15) is 0 Å². The van der Waals surface area contributed by atoms with E-state index >= 15 is 0 Å². The van der Waals surface area contributed by atoms with E-state index in [-0.39, 0.29) is 25.2 Å². The van der Waals surface area contributed by atoms with Gasteiger partial charge in [-0.15, -0.1) is 0 Å². The van der Waals surface area contributed by atoms with Crippen molar-refractivity contribution in [1.29, 1.82) is 0 Å². The van der Waals surface area contributed by atoms with E-state index in [4.69, 9.17) is 18.9 Å². The molecule has 0 saturated heterocycles. The lowest BCUT2D eigenvalue weighted by atomic mass is 10.0. The molecule has 2 aliphatic rings. The van der Waals surface area contributed by atoms with Crippen LogP contribution >= 0.6 is 0 Å². The van der Waals surface area contributed by atoms with Crippen LogP contribution in [0.3, 0.4) is 0 Å². The van der Waals surface area contributed by atoms with E-state index in [9.17, 15) is 9.59 Å². The van der Waals surface area contributed by atoms with Crippen molar-refractivity contribution in [3.63, 3.8) is 0 Å². The summed E-state index contributed by atoms with van der Waals surface area (Å²) in [6.45, 7) is 0.615. The van der Waals surface area contributed by atoms with E-state index in [1.807, 2.05) is 48.5 Å². The monoisotopic (exact) mass is 490 g/mol. The summed E-state index contributed by atoms with van der Waals surface area (Å²) in [6.07, 6.45) is 9.34. The topological polar surface area (TPSA) is 71.1 Å². The third kappa shape index (κ3) is 5.75. The predicted molar refractivity (Wildman–Crippen MR) is 138 cm³/mol. The molecule has 0 atom stereocenters. The van der Waals surface area contributed by atoms with Crippen molar-refractivity contribution in [3.8, 4) is 11.5 Å². The number of esters is 2. The molecule has 6 heteroatoms. The molecule has 0 spiro atoms. The molecular weight excluding hydrogens is 456 g/mol. The van der Waals surface area contributed by atoms with Gasteiger partial charge >= 0.3 is 11.9 Å². The summed E-state index contributed by atoms with van der Waals surface area (Å²) in [5.74, 6) is 1.43. The average Bonchev–Trinajstić information content (AvgIpc) is 3.63. The van der Waals surface area contributed by atoms with Crippen LogP contribution in [0.2, 0.25) is 0 Å². The van der Waals surface area contributed by atoms with Crippen molar-refractivity contribution < 1.29 is 28.5 Å². The number of ether oxygens (including phenoxy) is 4. The van der Waals surface area contributed by atoms with E-state index in [0.717, 1.165) is 47.2 Å². The second-order valence-electron chi connectivity index (χ2n) is 9.99. The fourth-order valence-electron chi connectivity index (χ4n) is 5.48. The number of carbonyl (C=O) groups excluding carboxylic acids is 2. The van der Waals surface area contributed by atoms with Gasteiger partial charge < -0.3 is 18.9 Å². The Morgan fingerprint density at radius 1 is 0.583 bits per heavy atom. The molecule has 0 amide bonds. The summed E-state index contributed by atoms with van der Waals surface area (Å²) >= 11 is 0. The second kappa shape index (κ2) is 11.6. The zero-order valence-electron chi connectivity index (χ0n) is 20.7. The normalized spacial score (nSPS) is 16.4. The standard InChI is InChI=1S/C30H34O6/c31-27(33-17-21-9-1-2-10-21)19-35-29-23-13-5-7-15-25(23)30(26-16-8-6-14-24(26)29)36-20-28(32)34-18-22-11-3-4-12-22/h5-8,13-16,21-22H,1-4,9-12,17-20H2. The highest BCUT2D eigenvalue weighted by atomic mass is 16.6. The molecule has 190 valence electrons. The van der Waals surface area contributed by atoms with Crippen molar-refractivity contribution in [2.75, 3.05) is 26.4 Å². The van der Waals surface area contributed by atoms with Gasteiger partial charge in [0.15, 0.2) is 13.2 Å². The number of carbonyl (C=O) groups is 2. The third-order valence-electron chi connectivity index (χ3n) is 7.41. The molecule has 6 nitrogen and oxygen atoms in total. The maximum Gasteiger partial charge on any atom is 0.344 e. The predicted octanol–water partition coefficient (Wildman–Crippen LogP) is 6.22. The summed E-state index contributed by atoms with van der Waals surface area (Å²) in [6, 6.07) is 15.4. The molecule has 3 aromatic carbocycles. The molecule has 0 unspecified atom stereocenters. The molecule has 5 rings (SSSR count). The van der Waals surface area contributed by atoms with Crippen molar-refractivity contribution in [1.82, 2.24) is 0 Å². The van der Waals surface area contributed by atoms with Crippen LogP contribution in [-0.2, 0) is 19.1 Å². The van der Waals surface area contributed by atoms with Gasteiger partial charge in [-0.25, -0.2) is 9.59 Å². The quantitative estimate of drug-likeness (QED) is 0.248. The van der Waals surface area contributed by atoms with E-state index in [0.29, 0.717) is 36.5 Å². The number of hydrogen-bond donors (Lipinski definition) is 0. The Hall–Kier alpha value is -3.28. The van der Waals surface area contributed by atoms with Crippen LogP contribution in [0.15, 0.2) is 48.5 Å². The minimum atomic E-state index is -0.361. The Bertz CT molecular complexity index is 1060. The molecule has 0 bridgehead atoms. The van der Waals surface area contributed by atoms with Crippen molar-refractivity contribution >= 4 is 33.5 Å². The maximum atomic E-state index is 12.4. The Balaban J connectivity index is 1.32. The van der Waals surface area contributed by atoms with Gasteiger partial charge in [-0.3, -0.25) is 0 Å². The lowest BCUT2D eigenvalue weighted by Gasteiger charge is -2.18. The second-order valence-corrected chi connectivity index (χ2v) is 9.99. The first kappa shape index (κ1) is 24.4. The Morgan fingerprint density at radius 2 is 0.917 bits per heavy atom. The summed E-state index contributed by atoms with van der Waals surface area (Å²) in [5, 5.41) is 3.26. The Morgan fingerprint density at radius 3 is 1.25 bits per heavy atom. The largest absolute Gasteiger partial charge is 0.481 e. The zero-order valence-corrected chi connectivity index (χ0v) is 20.7. The van der Waals surface area contributed by atoms with Gasteiger partial charge in [-0.05, 0) is 37.5 Å². The van der Waals surface area contributed by atoms with Gasteiger partial charge in [-0.1, -0.05) is 74.2 Å². The number of benzene rings is 3. The first-order valence-electron chi connectivity index (χ1n) is 13.2. The van der Waals surface area contributed by atoms with Crippen LogP contribution in [0.1, 0.15) is 51.4 Å². The van der Waals surface area contributed by atoms with Gasteiger partial charge in [0.05, 0.1) is 13.2 Å². The van der Waals surface area contributed by atoms with E-state index < -0.39 is 0 Å². The van der Waals surface area contributed by atoms with Gasteiger partial charge in [0.2, 0.25) is 0 Å². The highest BCUT2D eigenvalue weighted by molar-refractivity contribution is 6.11. The number of rotatable bonds is 10. The molecule has 36 heavy (non-hydrogen) atoms. The van der Waals surface area contributed by atoms with Crippen molar-refractivity contribution in [2.45, 2.75) is 51.4 Å². The third-order valence-corrected chi connectivity index (χ3v) is 7.41. The highest BCUT2D eigenvalue weighted by Gasteiger charge is 2.21. The van der Waals surface area contributed by atoms with E-state index in [1.165, 1.54) is 25.7 Å². The van der Waals surface area contributed by atoms with Gasteiger partial charge in [0.25, 0.3) is 0 Å². The molecular formula is C30H34O6. The highest BCUT2D eigenvalue weighted by Crippen LogP contribution is 2.42. The molecule has 0 N–H and O–H groups in total. The summed E-state index contributed by atoms with van der Waals surface area (Å²) in [4.78, 5) is 24.8. The number of hydrogen-bond acceptors (Lipinski definition) is 6.